The number of amidine groups is 1. The Balaban J connectivity index is 2.04. The molecule has 1 aliphatic carbocycles. The highest BCUT2D eigenvalue weighted by Gasteiger charge is 2.15. The molecule has 26 heavy (non-hydrogen) atoms. The van der Waals surface area contributed by atoms with Crippen LogP contribution >= 0.6 is 11.8 Å². The minimum atomic E-state index is 0.750. The molecule has 1 aliphatic rings. The van der Waals surface area contributed by atoms with E-state index in [0.717, 1.165) is 42.4 Å². The summed E-state index contributed by atoms with van der Waals surface area (Å²) >= 11 is 1.83. The van der Waals surface area contributed by atoms with E-state index in [-0.39, 0.29) is 0 Å². The zero-order valence-corrected chi connectivity index (χ0v) is 17.1. The van der Waals surface area contributed by atoms with E-state index in [1.807, 2.05) is 17.8 Å². The Labute approximate surface area is 162 Å². The maximum absolute atomic E-state index is 6.27. The lowest BCUT2D eigenvalue weighted by Gasteiger charge is -2.20. The molecule has 2 rings (SSSR count). The molecule has 1 aromatic rings. The number of benzene rings is 1. The highest BCUT2D eigenvalue weighted by molar-refractivity contribution is 7.99. The van der Waals surface area contributed by atoms with Gasteiger partial charge < -0.3 is 11.1 Å². The molecular weight excluding hydrogens is 338 g/mol. The molecule has 0 bridgehead atoms. The molecule has 0 aliphatic heterocycles. The number of aryl methyl sites for hydroxylation is 1. The van der Waals surface area contributed by atoms with E-state index >= 15 is 0 Å². The van der Waals surface area contributed by atoms with Crippen LogP contribution in [0.4, 0.5) is 0 Å². The summed E-state index contributed by atoms with van der Waals surface area (Å²) in [7, 11) is 0. The van der Waals surface area contributed by atoms with Crippen molar-refractivity contribution in [3.8, 4) is 0 Å². The first-order chi connectivity index (χ1) is 12.5. The van der Waals surface area contributed by atoms with Gasteiger partial charge in [0.1, 0.15) is 5.84 Å². The SMILES string of the molecule is C=C(C=C(C)C)NC(=NCCSc1ccc(C)cc1)C1=C(N)CCCC1. The molecule has 1 aromatic carbocycles. The predicted octanol–water partition coefficient (Wildman–Crippen LogP) is 5.34. The van der Waals surface area contributed by atoms with Crippen molar-refractivity contribution in [3.63, 3.8) is 0 Å². The van der Waals surface area contributed by atoms with Crippen LogP contribution in [0, 0.1) is 6.92 Å². The molecule has 0 amide bonds. The maximum atomic E-state index is 6.27. The van der Waals surface area contributed by atoms with Crippen LogP contribution in [-0.4, -0.2) is 18.1 Å². The third-order valence-electron chi connectivity index (χ3n) is 4.19. The molecule has 0 heterocycles. The van der Waals surface area contributed by atoms with Crippen LogP contribution in [0.25, 0.3) is 0 Å². The predicted molar refractivity (Wildman–Crippen MR) is 116 cm³/mol. The number of nitrogens with two attached hydrogens (primary N) is 1. The van der Waals surface area contributed by atoms with E-state index in [9.17, 15) is 0 Å². The van der Waals surface area contributed by atoms with Gasteiger partial charge in [-0.25, -0.2) is 0 Å². The van der Waals surface area contributed by atoms with Crippen molar-refractivity contribution in [2.75, 3.05) is 12.3 Å². The number of rotatable bonds is 7. The summed E-state index contributed by atoms with van der Waals surface area (Å²) in [5, 5.41) is 3.39. The third-order valence-corrected chi connectivity index (χ3v) is 5.18. The van der Waals surface area contributed by atoms with Crippen LogP contribution in [0.1, 0.15) is 45.1 Å². The Morgan fingerprint density at radius 1 is 1.23 bits per heavy atom. The van der Waals surface area contributed by atoms with E-state index in [1.54, 1.807) is 0 Å². The highest BCUT2D eigenvalue weighted by Crippen LogP contribution is 2.23. The third kappa shape index (κ3) is 6.75. The molecule has 0 saturated heterocycles. The Hall–Kier alpha value is -1.94. The van der Waals surface area contributed by atoms with E-state index in [2.05, 4.69) is 56.9 Å². The summed E-state index contributed by atoms with van der Waals surface area (Å²) < 4.78 is 0. The largest absolute Gasteiger partial charge is 0.402 e. The van der Waals surface area contributed by atoms with Crippen molar-refractivity contribution in [1.29, 1.82) is 0 Å². The van der Waals surface area contributed by atoms with Crippen LogP contribution in [-0.2, 0) is 0 Å². The number of nitrogens with one attached hydrogen (secondary N) is 1. The van der Waals surface area contributed by atoms with Crippen LogP contribution in [0.15, 0.2) is 69.3 Å². The lowest BCUT2D eigenvalue weighted by atomic mass is 9.95. The topological polar surface area (TPSA) is 50.4 Å². The summed E-state index contributed by atoms with van der Waals surface area (Å²) in [6, 6.07) is 8.63. The van der Waals surface area contributed by atoms with Gasteiger partial charge in [-0.05, 0) is 64.7 Å². The standard InChI is InChI=1S/C22H31N3S/c1-16(2)15-18(4)25-22(20-7-5-6-8-21(20)23)24-13-14-26-19-11-9-17(3)10-12-19/h9-12,15H,4-8,13-14,23H2,1-3H3,(H,24,25). The summed E-state index contributed by atoms with van der Waals surface area (Å²) in [4.78, 5) is 6.12. The van der Waals surface area contributed by atoms with E-state index < -0.39 is 0 Å². The van der Waals surface area contributed by atoms with E-state index in [0.29, 0.717) is 0 Å². The van der Waals surface area contributed by atoms with Crippen LogP contribution in [0.3, 0.4) is 0 Å². The minimum absolute atomic E-state index is 0.750. The maximum Gasteiger partial charge on any atom is 0.130 e. The van der Waals surface area contributed by atoms with Gasteiger partial charge in [0.15, 0.2) is 0 Å². The number of thioether (sulfide) groups is 1. The summed E-state index contributed by atoms with van der Waals surface area (Å²) in [6.07, 6.45) is 6.33. The van der Waals surface area contributed by atoms with Gasteiger partial charge in [0.05, 0.1) is 6.54 Å². The molecule has 4 heteroatoms. The van der Waals surface area contributed by atoms with Gasteiger partial charge in [-0.3, -0.25) is 4.99 Å². The lowest BCUT2D eigenvalue weighted by molar-refractivity contribution is 0.679. The molecule has 0 saturated carbocycles. The van der Waals surface area contributed by atoms with E-state index in [4.69, 9.17) is 10.7 Å². The van der Waals surface area contributed by atoms with Gasteiger partial charge in [0.2, 0.25) is 0 Å². The summed E-state index contributed by atoms with van der Waals surface area (Å²) in [5.41, 5.74) is 11.8. The summed E-state index contributed by atoms with van der Waals surface area (Å²) in [6.45, 7) is 11.1. The second kappa shape index (κ2) is 10.3. The molecule has 0 spiro atoms. The zero-order chi connectivity index (χ0) is 18.9. The van der Waals surface area contributed by atoms with Crippen molar-refractivity contribution in [1.82, 2.24) is 5.32 Å². The second-order valence-corrected chi connectivity index (χ2v) is 8.14. The van der Waals surface area contributed by atoms with Gasteiger partial charge >= 0.3 is 0 Å². The fourth-order valence-corrected chi connectivity index (χ4v) is 3.65. The smallest absolute Gasteiger partial charge is 0.130 e. The van der Waals surface area contributed by atoms with Gasteiger partial charge in [-0.1, -0.05) is 29.8 Å². The zero-order valence-electron chi connectivity index (χ0n) is 16.3. The fraction of sp³-hybridized carbons (Fsp3) is 0.409. The normalized spacial score (nSPS) is 15.0. The average Bonchev–Trinajstić information content (AvgIpc) is 2.59. The second-order valence-electron chi connectivity index (χ2n) is 6.97. The quantitative estimate of drug-likeness (QED) is 0.224. The first kappa shape index (κ1) is 20.4. The minimum Gasteiger partial charge on any atom is -0.402 e. The lowest BCUT2D eigenvalue weighted by Crippen LogP contribution is -2.28. The van der Waals surface area contributed by atoms with Gasteiger partial charge in [0, 0.05) is 27.6 Å². The van der Waals surface area contributed by atoms with Crippen molar-refractivity contribution in [2.45, 2.75) is 51.3 Å². The number of hydrogen-bond acceptors (Lipinski definition) is 3. The first-order valence-corrected chi connectivity index (χ1v) is 10.3. The number of aliphatic imine (C=N–C) groups is 1. The number of allylic oxidation sites excluding steroid dienone is 3. The van der Waals surface area contributed by atoms with Crippen molar-refractivity contribution in [3.05, 3.63) is 65.0 Å². The van der Waals surface area contributed by atoms with Gasteiger partial charge in [0.25, 0.3) is 0 Å². The Morgan fingerprint density at radius 2 is 1.92 bits per heavy atom. The first-order valence-electron chi connectivity index (χ1n) is 9.28. The van der Waals surface area contributed by atoms with E-state index in [1.165, 1.54) is 34.4 Å². The summed E-state index contributed by atoms with van der Waals surface area (Å²) in [5.74, 6) is 1.84. The number of nitrogens with zero attached hydrogens (tertiary/aromatic N) is 1. The molecular formula is C22H31N3S. The van der Waals surface area contributed by atoms with Crippen molar-refractivity contribution < 1.29 is 0 Å². The van der Waals surface area contributed by atoms with Gasteiger partial charge in [-0.15, -0.1) is 11.8 Å². The molecule has 140 valence electrons. The van der Waals surface area contributed by atoms with Crippen LogP contribution in [0.2, 0.25) is 0 Å². The fourth-order valence-electron chi connectivity index (χ4n) is 2.90. The highest BCUT2D eigenvalue weighted by atomic mass is 32.2. The van der Waals surface area contributed by atoms with Crippen molar-refractivity contribution >= 4 is 17.6 Å². The Bertz CT molecular complexity index is 707. The Morgan fingerprint density at radius 3 is 2.58 bits per heavy atom. The molecule has 3 nitrogen and oxygen atoms in total. The van der Waals surface area contributed by atoms with Crippen LogP contribution < -0.4 is 11.1 Å². The Kier molecular flexibility index (Phi) is 8.05. The molecule has 0 radical (unpaired) electrons. The monoisotopic (exact) mass is 369 g/mol. The average molecular weight is 370 g/mol. The molecule has 0 unspecified atom stereocenters. The molecule has 3 N–H and O–H groups in total. The number of hydrogen-bond donors (Lipinski definition) is 2. The van der Waals surface area contributed by atoms with Crippen LogP contribution in [0.5, 0.6) is 0 Å². The van der Waals surface area contributed by atoms with Crippen molar-refractivity contribution in [2.24, 2.45) is 10.7 Å². The molecule has 0 fully saturated rings. The molecule has 0 aromatic heterocycles. The molecule has 0 atom stereocenters. The van der Waals surface area contributed by atoms with Gasteiger partial charge in [-0.2, -0.15) is 0 Å².